The molecule has 5 nitrogen and oxygen atoms in total. The zero-order valence-corrected chi connectivity index (χ0v) is 12.6. The van der Waals surface area contributed by atoms with E-state index in [9.17, 15) is 4.79 Å². The van der Waals surface area contributed by atoms with E-state index in [0.29, 0.717) is 19.7 Å². The molecular weight excluding hydrogens is 270 g/mol. The third-order valence-corrected chi connectivity index (χ3v) is 3.04. The van der Waals surface area contributed by atoms with E-state index in [1.54, 1.807) is 13.0 Å². The van der Waals surface area contributed by atoms with Gasteiger partial charge in [0.2, 0.25) is 0 Å². The van der Waals surface area contributed by atoms with Gasteiger partial charge in [-0.2, -0.15) is 0 Å². The van der Waals surface area contributed by atoms with Crippen LogP contribution in [0.15, 0.2) is 24.3 Å². The van der Waals surface area contributed by atoms with Crippen molar-refractivity contribution in [2.75, 3.05) is 37.8 Å². The van der Waals surface area contributed by atoms with Crippen molar-refractivity contribution < 1.29 is 19.7 Å². The summed E-state index contributed by atoms with van der Waals surface area (Å²) in [4.78, 5) is 13.2. The van der Waals surface area contributed by atoms with E-state index in [2.05, 4.69) is 0 Å². The quantitative estimate of drug-likeness (QED) is 0.559. The molecule has 0 aliphatic carbocycles. The van der Waals surface area contributed by atoms with Crippen LogP contribution >= 0.6 is 0 Å². The van der Waals surface area contributed by atoms with Crippen LogP contribution < -0.4 is 4.90 Å². The summed E-state index contributed by atoms with van der Waals surface area (Å²) in [6.07, 6.45) is 3.13. The van der Waals surface area contributed by atoms with Gasteiger partial charge in [0.25, 0.3) is 0 Å². The van der Waals surface area contributed by atoms with E-state index < -0.39 is 0 Å². The Kier molecular flexibility index (Phi) is 7.50. The molecule has 1 aromatic carbocycles. The van der Waals surface area contributed by atoms with E-state index >= 15 is 0 Å². The maximum Gasteiger partial charge on any atom is 0.330 e. The summed E-state index contributed by atoms with van der Waals surface area (Å²) in [7, 11) is 0. The summed E-state index contributed by atoms with van der Waals surface area (Å²) in [5.74, 6) is -0.358. The lowest BCUT2D eigenvalue weighted by Crippen LogP contribution is -2.29. The minimum absolute atomic E-state index is 0.0313. The number of aryl methyl sites for hydroxylation is 1. The molecule has 1 rings (SSSR count). The smallest absolute Gasteiger partial charge is 0.330 e. The SMILES string of the molecule is CCOC(=O)C=Cc1ccc(N(CCO)CCO)cc1C. The van der Waals surface area contributed by atoms with Gasteiger partial charge in [0.1, 0.15) is 0 Å². The highest BCUT2D eigenvalue weighted by atomic mass is 16.5. The fourth-order valence-electron chi connectivity index (χ4n) is 2.00. The number of carbonyl (C=O) groups excluding carboxylic acids is 1. The molecule has 21 heavy (non-hydrogen) atoms. The van der Waals surface area contributed by atoms with Gasteiger partial charge in [-0.1, -0.05) is 6.07 Å². The van der Waals surface area contributed by atoms with Crippen LogP contribution in [-0.2, 0) is 9.53 Å². The number of aliphatic hydroxyl groups is 2. The number of nitrogens with zero attached hydrogens (tertiary/aromatic N) is 1. The lowest BCUT2D eigenvalue weighted by molar-refractivity contribution is -0.137. The normalized spacial score (nSPS) is 10.9. The van der Waals surface area contributed by atoms with Crippen LogP contribution in [0.2, 0.25) is 0 Å². The highest BCUT2D eigenvalue weighted by Gasteiger charge is 2.07. The second-order valence-electron chi connectivity index (χ2n) is 4.56. The third-order valence-electron chi connectivity index (χ3n) is 3.04. The molecule has 0 bridgehead atoms. The van der Waals surface area contributed by atoms with Gasteiger partial charge in [-0.05, 0) is 43.2 Å². The summed E-state index contributed by atoms with van der Waals surface area (Å²) in [6, 6.07) is 5.78. The topological polar surface area (TPSA) is 70.0 Å². The monoisotopic (exact) mass is 293 g/mol. The summed E-state index contributed by atoms with van der Waals surface area (Å²) < 4.78 is 4.84. The molecule has 0 atom stereocenters. The van der Waals surface area contributed by atoms with Crippen LogP contribution in [0.4, 0.5) is 5.69 Å². The number of carbonyl (C=O) groups is 1. The van der Waals surface area contributed by atoms with Crippen molar-refractivity contribution in [3.05, 3.63) is 35.4 Å². The summed E-state index contributed by atoms with van der Waals surface area (Å²) >= 11 is 0. The van der Waals surface area contributed by atoms with Crippen LogP contribution in [0, 0.1) is 6.92 Å². The predicted octanol–water partition coefficient (Wildman–Crippen LogP) is 1.36. The van der Waals surface area contributed by atoms with Crippen LogP contribution in [0.1, 0.15) is 18.1 Å². The van der Waals surface area contributed by atoms with Crippen LogP contribution in [-0.4, -0.2) is 49.1 Å². The Bertz CT molecular complexity index is 479. The first-order valence-electron chi connectivity index (χ1n) is 7.04. The van der Waals surface area contributed by atoms with Crippen molar-refractivity contribution >= 4 is 17.7 Å². The molecule has 1 aromatic rings. The largest absolute Gasteiger partial charge is 0.463 e. The Morgan fingerprint density at radius 3 is 2.48 bits per heavy atom. The van der Waals surface area contributed by atoms with Crippen LogP contribution in [0.25, 0.3) is 6.08 Å². The molecule has 0 aliphatic heterocycles. The van der Waals surface area contributed by atoms with E-state index in [1.165, 1.54) is 6.08 Å². The van der Waals surface area contributed by atoms with Gasteiger partial charge in [-0.25, -0.2) is 4.79 Å². The maximum absolute atomic E-state index is 11.3. The molecule has 2 N–H and O–H groups in total. The van der Waals surface area contributed by atoms with E-state index in [1.807, 2.05) is 30.0 Å². The minimum atomic E-state index is -0.358. The highest BCUT2D eigenvalue weighted by Crippen LogP contribution is 2.20. The Morgan fingerprint density at radius 2 is 1.95 bits per heavy atom. The summed E-state index contributed by atoms with van der Waals surface area (Å²) in [5.41, 5.74) is 2.87. The molecule has 0 aromatic heterocycles. The number of benzene rings is 1. The van der Waals surface area contributed by atoms with Crippen molar-refractivity contribution in [2.45, 2.75) is 13.8 Å². The number of rotatable bonds is 8. The number of hydrogen-bond donors (Lipinski definition) is 2. The van der Waals surface area contributed by atoms with E-state index in [0.717, 1.165) is 16.8 Å². The Hall–Kier alpha value is -1.85. The Labute approximate surface area is 125 Å². The number of aliphatic hydroxyl groups excluding tert-OH is 2. The van der Waals surface area contributed by atoms with Crippen molar-refractivity contribution in [3.8, 4) is 0 Å². The van der Waals surface area contributed by atoms with Gasteiger partial charge < -0.3 is 19.8 Å². The molecule has 0 amide bonds. The lowest BCUT2D eigenvalue weighted by atomic mass is 10.1. The number of esters is 1. The summed E-state index contributed by atoms with van der Waals surface area (Å²) in [5, 5.41) is 18.1. The van der Waals surface area contributed by atoms with Gasteiger partial charge in [0.05, 0.1) is 19.8 Å². The second-order valence-corrected chi connectivity index (χ2v) is 4.56. The van der Waals surface area contributed by atoms with Gasteiger partial charge in [-0.3, -0.25) is 0 Å². The van der Waals surface area contributed by atoms with Crippen molar-refractivity contribution in [1.82, 2.24) is 0 Å². The van der Waals surface area contributed by atoms with Gasteiger partial charge in [-0.15, -0.1) is 0 Å². The van der Waals surface area contributed by atoms with Crippen LogP contribution in [0.5, 0.6) is 0 Å². The van der Waals surface area contributed by atoms with E-state index in [4.69, 9.17) is 14.9 Å². The van der Waals surface area contributed by atoms with Gasteiger partial charge in [0, 0.05) is 24.9 Å². The second kappa shape index (κ2) is 9.15. The standard InChI is InChI=1S/C16H23NO4/c1-3-21-16(20)7-5-14-4-6-15(12-13(14)2)17(8-10-18)9-11-19/h4-7,12,18-19H,3,8-11H2,1-2H3. The molecule has 0 unspecified atom stereocenters. The molecule has 0 heterocycles. The maximum atomic E-state index is 11.3. The molecule has 0 saturated carbocycles. The number of hydrogen-bond acceptors (Lipinski definition) is 5. The Balaban J connectivity index is 2.86. The molecule has 0 fully saturated rings. The molecule has 116 valence electrons. The first-order chi connectivity index (χ1) is 10.1. The molecule has 5 heteroatoms. The first kappa shape index (κ1) is 17.2. The van der Waals surface area contributed by atoms with E-state index in [-0.39, 0.29) is 19.2 Å². The molecular formula is C16H23NO4. The average molecular weight is 293 g/mol. The van der Waals surface area contributed by atoms with Crippen molar-refractivity contribution in [2.24, 2.45) is 0 Å². The van der Waals surface area contributed by atoms with Gasteiger partial charge in [0.15, 0.2) is 0 Å². The van der Waals surface area contributed by atoms with Crippen LogP contribution in [0.3, 0.4) is 0 Å². The fraction of sp³-hybridized carbons (Fsp3) is 0.438. The zero-order valence-electron chi connectivity index (χ0n) is 12.6. The van der Waals surface area contributed by atoms with Crippen molar-refractivity contribution in [1.29, 1.82) is 0 Å². The number of anilines is 1. The first-order valence-corrected chi connectivity index (χ1v) is 7.04. The zero-order chi connectivity index (χ0) is 15.7. The molecule has 0 spiro atoms. The Morgan fingerprint density at radius 1 is 1.29 bits per heavy atom. The highest BCUT2D eigenvalue weighted by molar-refractivity contribution is 5.87. The molecule has 0 saturated heterocycles. The average Bonchev–Trinajstić information content (AvgIpc) is 2.46. The minimum Gasteiger partial charge on any atom is -0.463 e. The summed E-state index contributed by atoms with van der Waals surface area (Å²) in [6.45, 7) is 5.08. The lowest BCUT2D eigenvalue weighted by Gasteiger charge is -2.23. The predicted molar refractivity (Wildman–Crippen MR) is 83.2 cm³/mol. The molecule has 0 aliphatic rings. The van der Waals surface area contributed by atoms with Gasteiger partial charge >= 0.3 is 5.97 Å². The molecule has 0 radical (unpaired) electrons. The number of ether oxygens (including phenoxy) is 1. The van der Waals surface area contributed by atoms with Crippen molar-refractivity contribution in [3.63, 3.8) is 0 Å². The third kappa shape index (κ3) is 5.57. The fourth-order valence-corrected chi connectivity index (χ4v) is 2.00.